The zero-order valence-corrected chi connectivity index (χ0v) is 12.4. The van der Waals surface area contributed by atoms with Gasteiger partial charge in [0.15, 0.2) is 5.82 Å². The van der Waals surface area contributed by atoms with E-state index in [1.54, 1.807) is 13.0 Å². The van der Waals surface area contributed by atoms with E-state index in [-0.39, 0.29) is 17.8 Å². The molecule has 1 fully saturated rings. The van der Waals surface area contributed by atoms with Crippen molar-refractivity contribution < 1.29 is 18.8 Å². The van der Waals surface area contributed by atoms with Crippen LogP contribution in [0, 0.1) is 12.8 Å². The predicted molar refractivity (Wildman–Crippen MR) is 75.7 cm³/mol. The van der Waals surface area contributed by atoms with Gasteiger partial charge in [-0.2, -0.15) is 0 Å². The molecule has 0 unspecified atom stereocenters. The first-order valence-electron chi connectivity index (χ1n) is 7.12. The number of likely N-dealkylation sites (tertiary alicyclic amines) is 1. The predicted octanol–water partition coefficient (Wildman–Crippen LogP) is 1.20. The molecule has 1 aliphatic heterocycles. The second-order valence-corrected chi connectivity index (χ2v) is 5.28. The van der Waals surface area contributed by atoms with Crippen LogP contribution in [0.15, 0.2) is 10.6 Å². The van der Waals surface area contributed by atoms with Crippen molar-refractivity contribution in [3.8, 4) is 0 Å². The van der Waals surface area contributed by atoms with Crippen molar-refractivity contribution in [3.63, 3.8) is 0 Å². The van der Waals surface area contributed by atoms with Crippen LogP contribution in [0.5, 0.6) is 0 Å². The summed E-state index contributed by atoms with van der Waals surface area (Å²) in [5, 5.41) is 6.40. The van der Waals surface area contributed by atoms with Gasteiger partial charge in [0, 0.05) is 25.6 Å². The molecule has 0 aromatic carbocycles. The van der Waals surface area contributed by atoms with Crippen molar-refractivity contribution in [3.05, 3.63) is 11.8 Å². The molecule has 7 nitrogen and oxygen atoms in total. The molecule has 1 amide bonds. The molecule has 1 saturated heterocycles. The van der Waals surface area contributed by atoms with Crippen LogP contribution in [0.1, 0.15) is 25.0 Å². The molecule has 1 N–H and O–H groups in total. The number of amides is 1. The molecule has 1 aliphatic rings. The standard InChI is InChI=1S/C14H21N3O4/c1-10-8-12(16-21-10)15-13(18)5-7-17-6-3-4-11(9-17)14(19)20-2/h8,11H,3-7,9H2,1-2H3,(H,15,16,18)/t11-/m0/s1. The van der Waals surface area contributed by atoms with Gasteiger partial charge in [0.25, 0.3) is 0 Å². The second-order valence-electron chi connectivity index (χ2n) is 5.28. The number of anilines is 1. The largest absolute Gasteiger partial charge is 0.469 e. The Kier molecular flexibility index (Phi) is 5.32. The number of hydrogen-bond acceptors (Lipinski definition) is 6. The molecule has 1 aromatic heterocycles. The summed E-state index contributed by atoms with van der Waals surface area (Å²) in [7, 11) is 1.41. The first-order chi connectivity index (χ1) is 10.1. The van der Waals surface area contributed by atoms with E-state index in [0.717, 1.165) is 19.4 Å². The van der Waals surface area contributed by atoms with Gasteiger partial charge >= 0.3 is 5.97 Å². The molecular formula is C14H21N3O4. The quantitative estimate of drug-likeness (QED) is 0.822. The summed E-state index contributed by atoms with van der Waals surface area (Å²) in [5.74, 6) is 0.738. The Hall–Kier alpha value is -1.89. The second kappa shape index (κ2) is 7.21. The highest BCUT2D eigenvalue weighted by atomic mass is 16.5. The highest BCUT2D eigenvalue weighted by molar-refractivity contribution is 5.89. The van der Waals surface area contributed by atoms with Gasteiger partial charge in [-0.1, -0.05) is 5.16 Å². The third kappa shape index (κ3) is 4.56. The Labute approximate surface area is 123 Å². The number of carbonyl (C=O) groups excluding carboxylic acids is 2. The lowest BCUT2D eigenvalue weighted by atomic mass is 9.98. The molecule has 2 rings (SSSR count). The summed E-state index contributed by atoms with van der Waals surface area (Å²) in [6, 6.07) is 1.67. The van der Waals surface area contributed by atoms with Crippen LogP contribution in [0.3, 0.4) is 0 Å². The summed E-state index contributed by atoms with van der Waals surface area (Å²) in [5.41, 5.74) is 0. The van der Waals surface area contributed by atoms with Crippen LogP contribution in [-0.2, 0) is 14.3 Å². The molecule has 2 heterocycles. The van der Waals surface area contributed by atoms with Gasteiger partial charge in [0.1, 0.15) is 5.76 Å². The van der Waals surface area contributed by atoms with Gasteiger partial charge in [-0.3, -0.25) is 9.59 Å². The lowest BCUT2D eigenvalue weighted by Crippen LogP contribution is -2.40. The fourth-order valence-electron chi connectivity index (χ4n) is 2.51. The van der Waals surface area contributed by atoms with E-state index in [9.17, 15) is 9.59 Å². The number of nitrogens with zero attached hydrogens (tertiary/aromatic N) is 2. The minimum Gasteiger partial charge on any atom is -0.469 e. The minimum atomic E-state index is -0.165. The number of aromatic nitrogens is 1. The zero-order chi connectivity index (χ0) is 15.2. The number of methoxy groups -OCH3 is 1. The summed E-state index contributed by atoms with van der Waals surface area (Å²) >= 11 is 0. The van der Waals surface area contributed by atoms with Crippen LogP contribution >= 0.6 is 0 Å². The van der Waals surface area contributed by atoms with Gasteiger partial charge in [-0.05, 0) is 26.3 Å². The van der Waals surface area contributed by atoms with E-state index in [1.165, 1.54) is 7.11 Å². The Morgan fingerprint density at radius 1 is 1.57 bits per heavy atom. The fraction of sp³-hybridized carbons (Fsp3) is 0.643. The van der Waals surface area contributed by atoms with Gasteiger partial charge in [0.2, 0.25) is 5.91 Å². The topological polar surface area (TPSA) is 84.7 Å². The van der Waals surface area contributed by atoms with Gasteiger partial charge in [0.05, 0.1) is 13.0 Å². The summed E-state index contributed by atoms with van der Waals surface area (Å²) in [4.78, 5) is 25.5. The van der Waals surface area contributed by atoms with Crippen LogP contribution in [0.2, 0.25) is 0 Å². The van der Waals surface area contributed by atoms with Crippen LogP contribution in [0.25, 0.3) is 0 Å². The van der Waals surface area contributed by atoms with Crippen molar-refractivity contribution in [1.82, 2.24) is 10.1 Å². The van der Waals surface area contributed by atoms with Gasteiger partial charge in [-0.25, -0.2) is 0 Å². The van der Waals surface area contributed by atoms with Crippen molar-refractivity contribution >= 4 is 17.7 Å². The minimum absolute atomic E-state index is 0.0787. The molecule has 1 atom stereocenters. The summed E-state index contributed by atoms with van der Waals surface area (Å²) < 4.78 is 9.67. The van der Waals surface area contributed by atoms with Crippen LogP contribution in [-0.4, -0.2) is 48.7 Å². The molecule has 0 saturated carbocycles. The molecular weight excluding hydrogens is 274 g/mol. The van der Waals surface area contributed by atoms with E-state index in [0.29, 0.717) is 31.1 Å². The maximum Gasteiger partial charge on any atom is 0.309 e. The van der Waals surface area contributed by atoms with Crippen LogP contribution in [0.4, 0.5) is 5.82 Å². The van der Waals surface area contributed by atoms with Crippen molar-refractivity contribution in [2.75, 3.05) is 32.1 Å². The summed E-state index contributed by atoms with van der Waals surface area (Å²) in [6.07, 6.45) is 2.16. The number of ether oxygens (including phenoxy) is 1. The lowest BCUT2D eigenvalue weighted by Gasteiger charge is -2.30. The first-order valence-corrected chi connectivity index (χ1v) is 7.12. The van der Waals surface area contributed by atoms with Crippen LogP contribution < -0.4 is 5.32 Å². The molecule has 7 heteroatoms. The Balaban J connectivity index is 1.74. The fourth-order valence-corrected chi connectivity index (χ4v) is 2.51. The average molecular weight is 295 g/mol. The van der Waals surface area contributed by atoms with Crippen molar-refractivity contribution in [1.29, 1.82) is 0 Å². The van der Waals surface area contributed by atoms with E-state index >= 15 is 0 Å². The Bertz CT molecular complexity index is 500. The van der Waals surface area contributed by atoms with Gasteiger partial charge in [-0.15, -0.1) is 0 Å². The lowest BCUT2D eigenvalue weighted by molar-refractivity contribution is -0.147. The first kappa shape index (κ1) is 15.5. The third-order valence-corrected chi connectivity index (χ3v) is 3.59. The molecule has 0 aliphatic carbocycles. The Morgan fingerprint density at radius 3 is 3.05 bits per heavy atom. The molecule has 0 bridgehead atoms. The van der Waals surface area contributed by atoms with E-state index in [2.05, 4.69) is 15.4 Å². The SMILES string of the molecule is COC(=O)[C@H]1CCCN(CCC(=O)Nc2cc(C)on2)C1. The normalized spacial score (nSPS) is 19.2. The smallest absolute Gasteiger partial charge is 0.309 e. The monoisotopic (exact) mass is 295 g/mol. The molecule has 1 aromatic rings. The molecule has 21 heavy (non-hydrogen) atoms. The zero-order valence-electron chi connectivity index (χ0n) is 12.4. The molecule has 116 valence electrons. The maximum absolute atomic E-state index is 11.8. The highest BCUT2D eigenvalue weighted by Gasteiger charge is 2.26. The van der Waals surface area contributed by atoms with Crippen molar-refractivity contribution in [2.24, 2.45) is 5.92 Å². The number of esters is 1. The van der Waals surface area contributed by atoms with E-state index in [4.69, 9.17) is 9.26 Å². The number of rotatable bonds is 5. The number of aryl methyl sites for hydroxylation is 1. The number of hydrogen-bond donors (Lipinski definition) is 1. The highest BCUT2D eigenvalue weighted by Crippen LogP contribution is 2.18. The number of nitrogens with one attached hydrogen (secondary N) is 1. The van der Waals surface area contributed by atoms with Crippen molar-refractivity contribution in [2.45, 2.75) is 26.2 Å². The molecule has 0 spiro atoms. The number of piperidine rings is 1. The third-order valence-electron chi connectivity index (χ3n) is 3.59. The average Bonchev–Trinajstić information content (AvgIpc) is 2.89. The maximum atomic E-state index is 11.8. The molecule has 0 radical (unpaired) electrons. The van der Waals surface area contributed by atoms with E-state index < -0.39 is 0 Å². The van der Waals surface area contributed by atoms with Gasteiger partial charge < -0.3 is 19.5 Å². The summed E-state index contributed by atoms with van der Waals surface area (Å²) in [6.45, 7) is 3.95. The Morgan fingerprint density at radius 2 is 2.38 bits per heavy atom. The van der Waals surface area contributed by atoms with E-state index in [1.807, 2.05) is 0 Å². The number of carbonyl (C=O) groups is 2.